The Bertz CT molecular complexity index is 512. The zero-order valence-electron chi connectivity index (χ0n) is 10.00. The normalized spacial score (nSPS) is 11.4. The average Bonchev–Trinajstić information content (AvgIpc) is 2.28. The van der Waals surface area contributed by atoms with Gasteiger partial charge in [-0.3, -0.25) is 0 Å². The number of aromatic carboxylic acids is 1. The first-order valence-corrected chi connectivity index (χ1v) is 7.15. The molecule has 0 aliphatic heterocycles. The van der Waals surface area contributed by atoms with Gasteiger partial charge in [0.2, 0.25) is 0 Å². The number of rotatable bonds is 7. The Morgan fingerprint density at radius 2 is 2.17 bits per heavy atom. The van der Waals surface area contributed by atoms with Crippen LogP contribution in [0, 0.1) is 0 Å². The van der Waals surface area contributed by atoms with Crippen LogP contribution in [0.15, 0.2) is 18.2 Å². The molecule has 100 valence electrons. The van der Waals surface area contributed by atoms with Crippen LogP contribution < -0.4 is 0 Å². The van der Waals surface area contributed by atoms with Crippen LogP contribution in [0.1, 0.15) is 22.6 Å². The molecular weight excluding hydrogens is 258 g/mol. The molecule has 0 aliphatic carbocycles. The molecule has 0 radical (unpaired) electrons. The molecule has 0 aliphatic rings. The molecule has 1 aromatic heterocycles. The summed E-state index contributed by atoms with van der Waals surface area (Å²) in [5.41, 5.74) is 0.0897. The summed E-state index contributed by atoms with van der Waals surface area (Å²) in [6.45, 7) is 0.377. The van der Waals surface area contributed by atoms with E-state index in [2.05, 4.69) is 4.98 Å². The van der Waals surface area contributed by atoms with Crippen molar-refractivity contribution in [3.8, 4) is 0 Å². The number of carboxylic acids is 1. The smallest absolute Gasteiger partial charge is 0.354 e. The number of ether oxygens (including phenoxy) is 1. The molecule has 6 nitrogen and oxygen atoms in total. The van der Waals surface area contributed by atoms with Crippen molar-refractivity contribution in [3.63, 3.8) is 0 Å². The van der Waals surface area contributed by atoms with Crippen molar-refractivity contribution >= 4 is 15.8 Å². The van der Waals surface area contributed by atoms with E-state index in [9.17, 15) is 13.2 Å². The largest absolute Gasteiger partial charge is 0.477 e. The zero-order chi connectivity index (χ0) is 13.6. The fourth-order valence-electron chi connectivity index (χ4n) is 1.40. The molecule has 0 aromatic carbocycles. The Morgan fingerprint density at radius 1 is 1.44 bits per heavy atom. The highest BCUT2D eigenvalue weighted by atomic mass is 32.2. The summed E-state index contributed by atoms with van der Waals surface area (Å²) in [5, 5.41) is 8.75. The lowest BCUT2D eigenvalue weighted by atomic mass is 10.3. The molecule has 18 heavy (non-hydrogen) atoms. The van der Waals surface area contributed by atoms with Crippen LogP contribution in [-0.4, -0.2) is 43.9 Å². The molecule has 0 spiro atoms. The molecule has 1 N–H and O–H groups in total. The molecule has 0 fully saturated rings. The Balaban J connectivity index is 2.72. The number of nitrogens with zero attached hydrogens (tertiary/aromatic N) is 1. The van der Waals surface area contributed by atoms with Gasteiger partial charge in [0.25, 0.3) is 0 Å². The van der Waals surface area contributed by atoms with Gasteiger partial charge in [-0.05, 0) is 18.6 Å². The average molecular weight is 273 g/mol. The van der Waals surface area contributed by atoms with Crippen LogP contribution in [-0.2, 0) is 20.3 Å². The summed E-state index contributed by atoms with van der Waals surface area (Å²) in [6, 6.07) is 4.31. The quantitative estimate of drug-likeness (QED) is 0.736. The van der Waals surface area contributed by atoms with E-state index < -0.39 is 15.8 Å². The molecule has 1 rings (SSSR count). The lowest BCUT2D eigenvalue weighted by Gasteiger charge is -2.04. The van der Waals surface area contributed by atoms with Crippen molar-refractivity contribution in [2.24, 2.45) is 0 Å². The van der Waals surface area contributed by atoms with E-state index in [0.29, 0.717) is 13.0 Å². The SMILES string of the molecule is COCCCS(=O)(=O)Cc1cccc(C(=O)O)n1. The van der Waals surface area contributed by atoms with Crippen LogP contribution in [0.2, 0.25) is 0 Å². The van der Waals surface area contributed by atoms with E-state index in [-0.39, 0.29) is 22.9 Å². The fourth-order valence-corrected chi connectivity index (χ4v) is 2.71. The van der Waals surface area contributed by atoms with Gasteiger partial charge >= 0.3 is 5.97 Å². The minimum atomic E-state index is -3.28. The van der Waals surface area contributed by atoms with E-state index in [1.807, 2.05) is 0 Å². The predicted octanol–water partition coefficient (Wildman–Crippen LogP) is 0.731. The maximum Gasteiger partial charge on any atom is 0.354 e. The van der Waals surface area contributed by atoms with Crippen molar-refractivity contribution in [2.45, 2.75) is 12.2 Å². The van der Waals surface area contributed by atoms with Crippen LogP contribution in [0.3, 0.4) is 0 Å². The van der Waals surface area contributed by atoms with Gasteiger partial charge in [0, 0.05) is 13.7 Å². The van der Waals surface area contributed by atoms with Gasteiger partial charge in [0.1, 0.15) is 5.69 Å². The number of methoxy groups -OCH3 is 1. The summed E-state index contributed by atoms with van der Waals surface area (Å²) >= 11 is 0. The molecule has 7 heteroatoms. The number of pyridine rings is 1. The number of carbonyl (C=O) groups is 1. The number of aromatic nitrogens is 1. The van der Waals surface area contributed by atoms with Gasteiger partial charge in [0.05, 0.1) is 17.2 Å². The van der Waals surface area contributed by atoms with Crippen LogP contribution in [0.4, 0.5) is 0 Å². The molecule has 0 saturated heterocycles. The van der Waals surface area contributed by atoms with Crippen molar-refractivity contribution < 1.29 is 23.1 Å². The van der Waals surface area contributed by atoms with Crippen molar-refractivity contribution in [1.82, 2.24) is 4.98 Å². The minimum absolute atomic E-state index is 0.000180. The minimum Gasteiger partial charge on any atom is -0.477 e. The van der Waals surface area contributed by atoms with Crippen LogP contribution in [0.5, 0.6) is 0 Å². The lowest BCUT2D eigenvalue weighted by molar-refractivity contribution is 0.0690. The third kappa shape index (κ3) is 4.80. The Hall–Kier alpha value is -1.47. The zero-order valence-corrected chi connectivity index (χ0v) is 10.8. The van der Waals surface area contributed by atoms with E-state index in [4.69, 9.17) is 9.84 Å². The van der Waals surface area contributed by atoms with Crippen molar-refractivity contribution in [2.75, 3.05) is 19.5 Å². The van der Waals surface area contributed by atoms with E-state index in [1.54, 1.807) is 0 Å². The van der Waals surface area contributed by atoms with Crippen LogP contribution in [0.25, 0.3) is 0 Å². The van der Waals surface area contributed by atoms with E-state index in [1.165, 1.54) is 25.3 Å². The molecule has 0 atom stereocenters. The molecule has 1 aromatic rings. The highest BCUT2D eigenvalue weighted by Crippen LogP contribution is 2.07. The van der Waals surface area contributed by atoms with Crippen molar-refractivity contribution in [1.29, 1.82) is 0 Å². The maximum atomic E-state index is 11.7. The second-order valence-corrected chi connectivity index (χ2v) is 5.94. The van der Waals surface area contributed by atoms with Gasteiger partial charge in [-0.1, -0.05) is 6.07 Å². The molecular formula is C11H15NO5S. The third-order valence-electron chi connectivity index (χ3n) is 2.20. The first-order valence-electron chi connectivity index (χ1n) is 5.33. The van der Waals surface area contributed by atoms with Crippen molar-refractivity contribution in [3.05, 3.63) is 29.6 Å². The second kappa shape index (κ2) is 6.46. The molecule has 0 unspecified atom stereocenters. The predicted molar refractivity (Wildman–Crippen MR) is 65.2 cm³/mol. The van der Waals surface area contributed by atoms with Gasteiger partial charge < -0.3 is 9.84 Å². The maximum absolute atomic E-state index is 11.7. The third-order valence-corrected chi connectivity index (χ3v) is 3.84. The number of carboxylic acid groups (broad SMARTS) is 1. The first kappa shape index (κ1) is 14.6. The summed E-state index contributed by atoms with van der Waals surface area (Å²) in [6.07, 6.45) is 0.414. The van der Waals surface area contributed by atoms with Gasteiger partial charge in [0.15, 0.2) is 9.84 Å². The standard InChI is InChI=1S/C11H15NO5S/c1-17-6-3-7-18(15,16)8-9-4-2-5-10(12-9)11(13)14/h2,4-5H,3,6-8H2,1H3,(H,13,14). The Kier molecular flexibility index (Phi) is 5.24. The van der Waals surface area contributed by atoms with Gasteiger partial charge in [-0.15, -0.1) is 0 Å². The summed E-state index contributed by atoms with van der Waals surface area (Å²) in [5.74, 6) is -1.42. The van der Waals surface area contributed by atoms with E-state index >= 15 is 0 Å². The van der Waals surface area contributed by atoms with Crippen LogP contribution >= 0.6 is 0 Å². The summed E-state index contributed by atoms with van der Waals surface area (Å²) in [7, 11) is -1.78. The highest BCUT2D eigenvalue weighted by Gasteiger charge is 2.14. The monoisotopic (exact) mass is 273 g/mol. The Morgan fingerprint density at radius 3 is 2.78 bits per heavy atom. The van der Waals surface area contributed by atoms with Gasteiger partial charge in [-0.2, -0.15) is 0 Å². The number of sulfone groups is 1. The fraction of sp³-hybridized carbons (Fsp3) is 0.455. The topological polar surface area (TPSA) is 93.6 Å². The number of hydrogen-bond acceptors (Lipinski definition) is 5. The van der Waals surface area contributed by atoms with Gasteiger partial charge in [-0.25, -0.2) is 18.2 Å². The summed E-state index contributed by atoms with van der Waals surface area (Å²) in [4.78, 5) is 14.5. The molecule has 0 bridgehead atoms. The van der Waals surface area contributed by atoms with E-state index in [0.717, 1.165) is 0 Å². The molecule has 0 amide bonds. The highest BCUT2D eigenvalue weighted by molar-refractivity contribution is 7.90. The second-order valence-electron chi connectivity index (χ2n) is 3.76. The summed E-state index contributed by atoms with van der Waals surface area (Å²) < 4.78 is 28.2. The number of hydrogen-bond donors (Lipinski definition) is 1. The molecule has 1 heterocycles. The first-order chi connectivity index (χ1) is 8.44. The lowest BCUT2D eigenvalue weighted by Crippen LogP contribution is -2.13. The Labute approximate surface area is 106 Å². The molecule has 0 saturated carbocycles.